The predicted octanol–water partition coefficient (Wildman–Crippen LogP) is 4.23. The number of halogens is 1. The van der Waals surface area contributed by atoms with Crippen LogP contribution in [-0.2, 0) is 0 Å². The maximum atomic E-state index is 14.5. The Balaban J connectivity index is 1.53. The Hall–Kier alpha value is -3.65. The van der Waals surface area contributed by atoms with Crippen LogP contribution in [0.25, 0.3) is 16.6 Å². The first kappa shape index (κ1) is 19.3. The number of ether oxygens (including phenoxy) is 2. The largest absolute Gasteiger partial charge is 0.454 e. The number of nitrogens with zero attached hydrogens (tertiary/aromatic N) is 2. The minimum absolute atomic E-state index is 0.0128. The lowest BCUT2D eigenvalue weighted by atomic mass is 10.1. The van der Waals surface area contributed by atoms with Crippen molar-refractivity contribution in [2.24, 2.45) is 0 Å². The van der Waals surface area contributed by atoms with Gasteiger partial charge in [0, 0.05) is 5.56 Å². The molecule has 0 spiro atoms. The molecule has 154 valence electrons. The SMILES string of the molecule is O=C(CSc1nc2ccccc2c(=O)n1-c1ccccc1F)c1ccc2c(c1)OCO2. The molecule has 0 saturated heterocycles. The second kappa shape index (κ2) is 7.88. The molecule has 0 fully saturated rings. The van der Waals surface area contributed by atoms with Crippen LogP contribution in [0.2, 0.25) is 0 Å². The van der Waals surface area contributed by atoms with Crippen LogP contribution in [0.15, 0.2) is 76.7 Å². The number of fused-ring (bicyclic) bond motifs is 2. The summed E-state index contributed by atoms with van der Waals surface area (Å²) in [4.78, 5) is 30.5. The number of benzene rings is 3. The van der Waals surface area contributed by atoms with Gasteiger partial charge in [-0.1, -0.05) is 36.0 Å². The highest BCUT2D eigenvalue weighted by molar-refractivity contribution is 7.99. The van der Waals surface area contributed by atoms with Gasteiger partial charge in [0.15, 0.2) is 22.4 Å². The second-order valence-electron chi connectivity index (χ2n) is 6.78. The summed E-state index contributed by atoms with van der Waals surface area (Å²) in [5, 5.41) is 0.611. The molecule has 4 aromatic rings. The molecule has 0 atom stereocenters. The maximum Gasteiger partial charge on any atom is 0.266 e. The minimum atomic E-state index is -0.550. The highest BCUT2D eigenvalue weighted by atomic mass is 32.2. The van der Waals surface area contributed by atoms with Gasteiger partial charge in [0.1, 0.15) is 5.82 Å². The second-order valence-corrected chi connectivity index (χ2v) is 7.73. The first-order valence-electron chi connectivity index (χ1n) is 9.44. The molecule has 0 amide bonds. The lowest BCUT2D eigenvalue weighted by Crippen LogP contribution is -2.23. The van der Waals surface area contributed by atoms with Crippen molar-refractivity contribution in [2.45, 2.75) is 5.16 Å². The van der Waals surface area contributed by atoms with E-state index in [0.29, 0.717) is 28.0 Å². The van der Waals surface area contributed by atoms with Crippen molar-refractivity contribution in [2.75, 3.05) is 12.5 Å². The van der Waals surface area contributed by atoms with Gasteiger partial charge in [0.2, 0.25) is 6.79 Å². The van der Waals surface area contributed by atoms with E-state index in [0.717, 1.165) is 11.8 Å². The molecule has 0 bridgehead atoms. The lowest BCUT2D eigenvalue weighted by molar-refractivity contribution is 0.102. The van der Waals surface area contributed by atoms with Crippen molar-refractivity contribution in [1.29, 1.82) is 0 Å². The van der Waals surface area contributed by atoms with Gasteiger partial charge in [-0.3, -0.25) is 14.2 Å². The van der Waals surface area contributed by atoms with Gasteiger partial charge in [0.25, 0.3) is 5.56 Å². The molecule has 2 heterocycles. The minimum Gasteiger partial charge on any atom is -0.454 e. The van der Waals surface area contributed by atoms with Crippen LogP contribution in [0.5, 0.6) is 11.5 Å². The van der Waals surface area contributed by atoms with E-state index in [4.69, 9.17) is 9.47 Å². The number of hydrogen-bond donors (Lipinski definition) is 0. The summed E-state index contributed by atoms with van der Waals surface area (Å²) in [5.74, 6) is 0.395. The highest BCUT2D eigenvalue weighted by Gasteiger charge is 2.19. The zero-order chi connectivity index (χ0) is 21.4. The van der Waals surface area contributed by atoms with Gasteiger partial charge < -0.3 is 9.47 Å². The van der Waals surface area contributed by atoms with E-state index in [1.54, 1.807) is 54.6 Å². The Labute approximate surface area is 180 Å². The van der Waals surface area contributed by atoms with Gasteiger partial charge in [0.05, 0.1) is 22.3 Å². The number of hydrogen-bond acceptors (Lipinski definition) is 6. The molecule has 1 aromatic heterocycles. The Kier molecular flexibility index (Phi) is 4.91. The van der Waals surface area contributed by atoms with Gasteiger partial charge in [-0.15, -0.1) is 0 Å². The fourth-order valence-electron chi connectivity index (χ4n) is 3.34. The van der Waals surface area contributed by atoms with Crippen LogP contribution in [-0.4, -0.2) is 27.9 Å². The van der Waals surface area contributed by atoms with E-state index < -0.39 is 11.4 Å². The molecule has 3 aromatic carbocycles. The highest BCUT2D eigenvalue weighted by Crippen LogP contribution is 2.33. The van der Waals surface area contributed by atoms with Crippen molar-refractivity contribution in [3.8, 4) is 17.2 Å². The van der Waals surface area contributed by atoms with E-state index in [2.05, 4.69) is 4.98 Å². The fourth-order valence-corrected chi connectivity index (χ4v) is 4.24. The quantitative estimate of drug-likeness (QED) is 0.266. The number of rotatable bonds is 5. The van der Waals surface area contributed by atoms with E-state index >= 15 is 0 Å². The standard InChI is InChI=1S/C23H15FN2O4S/c24-16-6-2-4-8-18(16)26-22(28)15-5-1-3-7-17(15)25-23(26)31-12-19(27)14-9-10-20-21(11-14)30-13-29-20/h1-11H,12-13H2. The van der Waals surface area contributed by atoms with Gasteiger partial charge in [-0.05, 0) is 42.5 Å². The predicted molar refractivity (Wildman–Crippen MR) is 115 cm³/mol. The molecule has 0 aliphatic carbocycles. The van der Waals surface area contributed by atoms with Crippen molar-refractivity contribution >= 4 is 28.4 Å². The maximum absolute atomic E-state index is 14.5. The molecule has 0 radical (unpaired) electrons. The number of carbonyl (C=O) groups is 1. The van der Waals surface area contributed by atoms with Gasteiger partial charge >= 0.3 is 0 Å². The Morgan fingerprint density at radius 2 is 1.81 bits per heavy atom. The van der Waals surface area contributed by atoms with E-state index in [-0.39, 0.29) is 29.2 Å². The van der Waals surface area contributed by atoms with Gasteiger partial charge in [-0.2, -0.15) is 0 Å². The first-order valence-corrected chi connectivity index (χ1v) is 10.4. The van der Waals surface area contributed by atoms with Crippen LogP contribution in [0.4, 0.5) is 4.39 Å². The summed E-state index contributed by atoms with van der Waals surface area (Å²) in [5.41, 5.74) is 0.632. The van der Waals surface area contributed by atoms with Crippen LogP contribution < -0.4 is 15.0 Å². The van der Waals surface area contributed by atoms with Crippen LogP contribution in [0.3, 0.4) is 0 Å². The van der Waals surface area contributed by atoms with Gasteiger partial charge in [-0.25, -0.2) is 9.37 Å². The van der Waals surface area contributed by atoms with Crippen molar-refractivity contribution < 1.29 is 18.7 Å². The average molecular weight is 434 g/mol. The number of carbonyl (C=O) groups excluding carboxylic acids is 1. The van der Waals surface area contributed by atoms with E-state index in [1.807, 2.05) is 0 Å². The molecule has 0 unspecified atom stereocenters. The number of thioether (sulfide) groups is 1. The summed E-state index contributed by atoms with van der Waals surface area (Å²) >= 11 is 1.08. The van der Waals surface area contributed by atoms with E-state index in [1.165, 1.54) is 16.7 Å². The summed E-state index contributed by atoms with van der Waals surface area (Å²) in [6.07, 6.45) is 0. The molecule has 0 N–H and O–H groups in total. The third-order valence-electron chi connectivity index (χ3n) is 4.87. The number of aromatic nitrogens is 2. The van der Waals surface area contributed by atoms with E-state index in [9.17, 15) is 14.0 Å². The molecule has 5 rings (SSSR count). The number of Topliss-reactive ketones (excluding diaryl/α,β-unsaturated/α-hetero) is 1. The van der Waals surface area contributed by atoms with Crippen LogP contribution in [0, 0.1) is 5.82 Å². The average Bonchev–Trinajstić information content (AvgIpc) is 3.26. The van der Waals surface area contributed by atoms with Crippen molar-refractivity contribution in [3.63, 3.8) is 0 Å². The van der Waals surface area contributed by atoms with Crippen molar-refractivity contribution in [3.05, 3.63) is 88.5 Å². The molecular weight excluding hydrogens is 419 g/mol. The molecule has 31 heavy (non-hydrogen) atoms. The Bertz CT molecular complexity index is 1390. The summed E-state index contributed by atoms with van der Waals surface area (Å²) in [6, 6.07) is 17.8. The van der Waals surface area contributed by atoms with Crippen molar-refractivity contribution in [1.82, 2.24) is 9.55 Å². The zero-order valence-electron chi connectivity index (χ0n) is 16.1. The molecular formula is C23H15FN2O4S. The molecule has 8 heteroatoms. The zero-order valence-corrected chi connectivity index (χ0v) is 16.9. The van der Waals surface area contributed by atoms with Crippen LogP contribution >= 0.6 is 11.8 Å². The monoisotopic (exact) mass is 434 g/mol. The third-order valence-corrected chi connectivity index (χ3v) is 5.80. The first-order chi connectivity index (χ1) is 15.1. The number of para-hydroxylation sites is 2. The topological polar surface area (TPSA) is 70.4 Å². The summed E-state index contributed by atoms with van der Waals surface area (Å²) in [7, 11) is 0. The summed E-state index contributed by atoms with van der Waals surface area (Å²) < 4.78 is 26.3. The Morgan fingerprint density at radius 1 is 1.03 bits per heavy atom. The van der Waals surface area contributed by atoms with Crippen LogP contribution in [0.1, 0.15) is 10.4 Å². The summed E-state index contributed by atoms with van der Waals surface area (Å²) in [6.45, 7) is 0.123. The molecule has 0 saturated carbocycles. The lowest BCUT2D eigenvalue weighted by Gasteiger charge is -2.13. The molecule has 1 aliphatic rings. The fraction of sp³-hybridized carbons (Fsp3) is 0.0870. The number of ketones is 1. The Morgan fingerprint density at radius 3 is 2.68 bits per heavy atom. The normalized spacial score (nSPS) is 12.3. The molecule has 1 aliphatic heterocycles. The third kappa shape index (κ3) is 3.55. The smallest absolute Gasteiger partial charge is 0.266 e. The molecule has 6 nitrogen and oxygen atoms in total.